The number of methoxy groups -OCH3 is 1. The van der Waals surface area contributed by atoms with E-state index in [1.54, 1.807) is 4.52 Å². The summed E-state index contributed by atoms with van der Waals surface area (Å²) in [6.07, 6.45) is 1.39. The summed E-state index contributed by atoms with van der Waals surface area (Å²) in [4.78, 5) is 27.6. The molecule has 0 aliphatic heterocycles. The van der Waals surface area contributed by atoms with Crippen molar-refractivity contribution in [3.63, 3.8) is 0 Å². The fraction of sp³-hybridized carbons (Fsp3) is 0.188. The summed E-state index contributed by atoms with van der Waals surface area (Å²) in [5, 5.41) is 17.9. The number of carbonyl (C=O) groups is 1. The Bertz CT molecular complexity index is 996. The molecule has 0 radical (unpaired) electrons. The van der Waals surface area contributed by atoms with Crippen LogP contribution in [0.15, 0.2) is 30.5 Å². The first-order valence-corrected chi connectivity index (χ1v) is 7.36. The fourth-order valence-electron chi connectivity index (χ4n) is 2.52. The Hall–Kier alpha value is -3.49. The van der Waals surface area contributed by atoms with Crippen molar-refractivity contribution in [2.75, 3.05) is 12.4 Å². The number of benzene rings is 1. The lowest BCUT2D eigenvalue weighted by molar-refractivity contribution is -0.384. The molecule has 1 N–H and O–H groups in total. The molecule has 0 fully saturated rings. The number of hydrogen-bond acceptors (Lipinski definition) is 6. The van der Waals surface area contributed by atoms with E-state index >= 15 is 0 Å². The van der Waals surface area contributed by atoms with Crippen LogP contribution in [-0.4, -0.2) is 32.5 Å². The molecule has 0 aliphatic rings. The second-order valence-electron chi connectivity index (χ2n) is 5.43. The van der Waals surface area contributed by atoms with Crippen LogP contribution < -0.4 is 10.1 Å². The predicted molar refractivity (Wildman–Crippen MR) is 90.1 cm³/mol. The first-order chi connectivity index (χ1) is 11.9. The maximum atomic E-state index is 12.6. The van der Waals surface area contributed by atoms with Crippen molar-refractivity contribution in [2.24, 2.45) is 0 Å². The average molecular weight is 341 g/mol. The van der Waals surface area contributed by atoms with E-state index in [4.69, 9.17) is 4.74 Å². The minimum atomic E-state index is -0.583. The molecule has 0 saturated carbocycles. The van der Waals surface area contributed by atoms with Gasteiger partial charge in [0.1, 0.15) is 17.0 Å². The maximum Gasteiger partial charge on any atom is 0.296 e. The molecule has 1 amide bonds. The Kier molecular flexibility index (Phi) is 4.05. The summed E-state index contributed by atoms with van der Waals surface area (Å²) in [5.74, 6) is -0.200. The molecule has 9 nitrogen and oxygen atoms in total. The molecule has 2 heterocycles. The Morgan fingerprint density at radius 2 is 2.08 bits per heavy atom. The molecular formula is C16H15N5O4. The quantitative estimate of drug-likeness (QED) is 0.576. The molecule has 9 heteroatoms. The topological polar surface area (TPSA) is 112 Å². The van der Waals surface area contributed by atoms with Crippen LogP contribution in [0.25, 0.3) is 5.65 Å². The minimum absolute atomic E-state index is 0.0690. The fourth-order valence-corrected chi connectivity index (χ4v) is 2.52. The molecule has 0 spiro atoms. The monoisotopic (exact) mass is 341 g/mol. The van der Waals surface area contributed by atoms with E-state index in [1.807, 2.05) is 19.9 Å². The first kappa shape index (κ1) is 16.4. The van der Waals surface area contributed by atoms with E-state index in [2.05, 4.69) is 15.4 Å². The number of rotatable bonds is 4. The van der Waals surface area contributed by atoms with Gasteiger partial charge in [0.2, 0.25) is 0 Å². The van der Waals surface area contributed by atoms with Crippen LogP contribution in [0.3, 0.4) is 0 Å². The van der Waals surface area contributed by atoms with Crippen molar-refractivity contribution in [3.05, 3.63) is 57.5 Å². The van der Waals surface area contributed by atoms with E-state index in [0.717, 1.165) is 11.4 Å². The molecular weight excluding hydrogens is 326 g/mol. The number of fused-ring (bicyclic) bond motifs is 1. The number of hydrogen-bond donors (Lipinski definition) is 1. The van der Waals surface area contributed by atoms with E-state index in [1.165, 1.54) is 31.5 Å². The molecule has 1 aromatic carbocycles. The second-order valence-corrected chi connectivity index (χ2v) is 5.43. The van der Waals surface area contributed by atoms with Crippen molar-refractivity contribution in [3.8, 4) is 5.75 Å². The molecule has 2 aromatic heterocycles. The van der Waals surface area contributed by atoms with Gasteiger partial charge in [-0.1, -0.05) is 0 Å². The SMILES string of the molecule is COc1ccc(NC(=O)c2cnn3c(C)cc(C)nc23)c([N+](=O)[O-])c1. The number of amides is 1. The van der Waals surface area contributed by atoms with Gasteiger partial charge in [-0.2, -0.15) is 5.10 Å². The number of nitro groups is 1. The summed E-state index contributed by atoms with van der Waals surface area (Å²) in [7, 11) is 1.41. The largest absolute Gasteiger partial charge is 0.496 e. The third kappa shape index (κ3) is 2.99. The van der Waals surface area contributed by atoms with Crippen LogP contribution in [0.2, 0.25) is 0 Å². The van der Waals surface area contributed by atoms with E-state index in [-0.39, 0.29) is 16.9 Å². The number of ether oxygens (including phenoxy) is 1. The second kappa shape index (κ2) is 6.19. The smallest absolute Gasteiger partial charge is 0.296 e. The predicted octanol–water partition coefficient (Wildman–Crippen LogP) is 2.52. The van der Waals surface area contributed by atoms with Gasteiger partial charge in [-0.05, 0) is 32.0 Å². The third-order valence-corrected chi connectivity index (χ3v) is 3.67. The lowest BCUT2D eigenvalue weighted by atomic mass is 10.2. The van der Waals surface area contributed by atoms with Crippen molar-refractivity contribution in [1.82, 2.24) is 14.6 Å². The van der Waals surface area contributed by atoms with Crippen LogP contribution in [-0.2, 0) is 0 Å². The summed E-state index contributed by atoms with van der Waals surface area (Å²) in [5.41, 5.74) is 2.01. The Morgan fingerprint density at radius 1 is 1.32 bits per heavy atom. The lowest BCUT2D eigenvalue weighted by Crippen LogP contribution is -2.13. The molecule has 0 atom stereocenters. The van der Waals surface area contributed by atoms with E-state index in [0.29, 0.717) is 11.4 Å². The standard InChI is InChI=1S/C16H15N5O4/c1-9-6-10(2)20-15(18-9)12(8-17-20)16(22)19-13-5-4-11(25-3)7-14(13)21(23)24/h4-8H,1-3H3,(H,19,22). The van der Waals surface area contributed by atoms with E-state index < -0.39 is 10.8 Å². The van der Waals surface area contributed by atoms with Crippen molar-refractivity contribution < 1.29 is 14.5 Å². The Balaban J connectivity index is 2.00. The zero-order valence-electron chi connectivity index (χ0n) is 13.8. The van der Waals surface area contributed by atoms with Gasteiger partial charge >= 0.3 is 0 Å². The summed E-state index contributed by atoms with van der Waals surface area (Å²) in [6, 6.07) is 6.05. The van der Waals surface area contributed by atoms with Gasteiger partial charge in [-0.3, -0.25) is 14.9 Å². The van der Waals surface area contributed by atoms with Crippen LogP contribution in [0.5, 0.6) is 5.75 Å². The van der Waals surface area contributed by atoms with E-state index in [9.17, 15) is 14.9 Å². The zero-order valence-corrected chi connectivity index (χ0v) is 13.8. The molecule has 0 saturated heterocycles. The summed E-state index contributed by atoms with van der Waals surface area (Å²) >= 11 is 0. The van der Waals surface area contributed by atoms with Crippen LogP contribution in [0.1, 0.15) is 21.7 Å². The molecule has 3 aromatic rings. The lowest BCUT2D eigenvalue weighted by Gasteiger charge is -2.07. The van der Waals surface area contributed by atoms with Crippen molar-refractivity contribution in [1.29, 1.82) is 0 Å². The molecule has 0 bridgehead atoms. The molecule has 25 heavy (non-hydrogen) atoms. The van der Waals surface area contributed by atoms with Gasteiger partial charge in [-0.15, -0.1) is 0 Å². The number of carbonyl (C=O) groups excluding carboxylic acids is 1. The number of nitrogens with one attached hydrogen (secondary N) is 1. The molecule has 3 rings (SSSR count). The minimum Gasteiger partial charge on any atom is -0.496 e. The Morgan fingerprint density at radius 3 is 2.76 bits per heavy atom. The van der Waals surface area contributed by atoms with Gasteiger partial charge in [0, 0.05) is 11.4 Å². The highest BCUT2D eigenvalue weighted by molar-refractivity contribution is 6.09. The van der Waals surface area contributed by atoms with Gasteiger partial charge in [-0.25, -0.2) is 9.50 Å². The van der Waals surface area contributed by atoms with Crippen LogP contribution in [0, 0.1) is 24.0 Å². The molecule has 0 aliphatic carbocycles. The van der Waals surface area contributed by atoms with Crippen LogP contribution in [0.4, 0.5) is 11.4 Å². The number of aryl methyl sites for hydroxylation is 2. The number of anilines is 1. The number of nitro benzene ring substituents is 1. The maximum absolute atomic E-state index is 12.6. The van der Waals surface area contributed by atoms with Crippen molar-refractivity contribution >= 4 is 22.9 Å². The number of nitrogens with zero attached hydrogens (tertiary/aromatic N) is 4. The van der Waals surface area contributed by atoms with Gasteiger partial charge in [0.05, 0.1) is 24.3 Å². The average Bonchev–Trinajstić information content (AvgIpc) is 2.99. The first-order valence-electron chi connectivity index (χ1n) is 7.36. The molecule has 0 unspecified atom stereocenters. The third-order valence-electron chi connectivity index (χ3n) is 3.67. The Labute approximate surface area is 142 Å². The van der Waals surface area contributed by atoms with Crippen LogP contribution >= 0.6 is 0 Å². The highest BCUT2D eigenvalue weighted by Gasteiger charge is 2.21. The molecule has 128 valence electrons. The van der Waals surface area contributed by atoms with Gasteiger partial charge < -0.3 is 10.1 Å². The van der Waals surface area contributed by atoms with Crippen molar-refractivity contribution in [2.45, 2.75) is 13.8 Å². The number of aromatic nitrogens is 3. The van der Waals surface area contributed by atoms with Gasteiger partial charge in [0.25, 0.3) is 11.6 Å². The van der Waals surface area contributed by atoms with Gasteiger partial charge in [0.15, 0.2) is 5.65 Å². The highest BCUT2D eigenvalue weighted by atomic mass is 16.6. The highest BCUT2D eigenvalue weighted by Crippen LogP contribution is 2.29. The summed E-state index contributed by atoms with van der Waals surface area (Å²) < 4.78 is 6.53. The summed E-state index contributed by atoms with van der Waals surface area (Å²) in [6.45, 7) is 3.67. The zero-order chi connectivity index (χ0) is 18.1. The normalized spacial score (nSPS) is 10.7.